The molecule has 3 aliphatic heterocycles. The van der Waals surface area contributed by atoms with E-state index in [1.807, 2.05) is 45.9 Å². The maximum Gasteiger partial charge on any atom is 0.259 e. The second-order valence-corrected chi connectivity index (χ2v) is 20.5. The maximum atomic E-state index is 15.0. The Labute approximate surface area is 408 Å². The molecule has 1 aliphatic carbocycles. The van der Waals surface area contributed by atoms with Crippen LogP contribution in [0, 0.1) is 17.3 Å². The topological polar surface area (TPSA) is 155 Å². The molecule has 2 N–H and O–H groups in total. The van der Waals surface area contributed by atoms with Gasteiger partial charge in [0.25, 0.3) is 5.91 Å². The van der Waals surface area contributed by atoms with Crippen LogP contribution in [0.4, 0.5) is 0 Å². The van der Waals surface area contributed by atoms with Gasteiger partial charge in [-0.2, -0.15) is 0 Å². The molecule has 6 bridgehead atoms. The summed E-state index contributed by atoms with van der Waals surface area (Å²) in [7, 11) is 1.68. The first-order valence-electron chi connectivity index (χ1n) is 24.8. The summed E-state index contributed by atoms with van der Waals surface area (Å²) in [5.41, 5.74) is 9.27. The molecule has 0 spiro atoms. The SMILES string of the molecule is C=CC(=O)N1CC[C@H](C(=O)N(C2CC2)[C@H](C(=O)N[C@H]2Cc3cccc(c3)-c3ccc4c(c3)c(c(/C(C=C)=C(/N=CC)[C@H](C)OC)n4CC)CC(C)(C)COC[C@@]3(C=O)CCCN(N3)C2=O)C(C)C)C1. The molecule has 4 aliphatic rings. The number of hydrazine groups is 1. The highest BCUT2D eigenvalue weighted by Crippen LogP contribution is 2.41. The van der Waals surface area contributed by atoms with E-state index in [4.69, 9.17) is 14.5 Å². The molecule has 14 heteroatoms. The number of aromatic nitrogens is 1. The molecule has 0 unspecified atom stereocenters. The van der Waals surface area contributed by atoms with Crippen molar-refractivity contribution in [1.29, 1.82) is 0 Å². The van der Waals surface area contributed by atoms with Crippen molar-refractivity contribution < 1.29 is 33.4 Å². The Hall–Kier alpha value is -5.70. The lowest BCUT2D eigenvalue weighted by Crippen LogP contribution is -2.66. The van der Waals surface area contributed by atoms with Gasteiger partial charge < -0.3 is 34.0 Å². The zero-order chi connectivity index (χ0) is 49.8. The van der Waals surface area contributed by atoms with E-state index < -0.39 is 34.9 Å². The van der Waals surface area contributed by atoms with Crippen LogP contribution in [0.5, 0.6) is 0 Å². The van der Waals surface area contributed by atoms with E-state index in [0.29, 0.717) is 51.9 Å². The quantitative estimate of drug-likeness (QED) is 0.0752. The third-order valence-electron chi connectivity index (χ3n) is 14.3. The van der Waals surface area contributed by atoms with Crippen LogP contribution >= 0.6 is 0 Å². The van der Waals surface area contributed by atoms with E-state index in [1.165, 1.54) is 11.1 Å². The standard InChI is InChI=1S/C55H73N7O7/c1-11-42(48(56-13-3)36(7)68-10)50-44-30-54(8,9)33-69-34-55(32-63)24-16-25-61(58-55)53(67)45(28-37-17-15-18-38(27-37)39-19-22-46(43(44)29-39)60(50)14-4)57-51(65)49(35(5)6)62(41-20-21-41)52(66)40-23-26-59(31-40)47(64)12-2/h11-13,15,17-19,22,27,29,32,35-36,40-41,45,49,58H,1-2,14,16,20-21,23-26,28,30-31,33-34H2,3-10H3,(H,57,65)/b48-42+,56-13?/t36-,40-,45-,49-,55-/m0/s1. The second kappa shape index (κ2) is 21.5. The van der Waals surface area contributed by atoms with Crippen LogP contribution in [0.2, 0.25) is 0 Å². The number of aldehydes is 1. The summed E-state index contributed by atoms with van der Waals surface area (Å²) in [6.45, 7) is 24.2. The summed E-state index contributed by atoms with van der Waals surface area (Å²) in [4.78, 5) is 78.2. The van der Waals surface area contributed by atoms with Crippen molar-refractivity contribution in [2.24, 2.45) is 22.2 Å². The highest BCUT2D eigenvalue weighted by Gasteiger charge is 2.47. The van der Waals surface area contributed by atoms with Crippen LogP contribution in [-0.2, 0) is 52.8 Å². The number of carbonyl (C=O) groups is 5. The van der Waals surface area contributed by atoms with Gasteiger partial charge in [0.15, 0.2) is 0 Å². The second-order valence-electron chi connectivity index (χ2n) is 20.5. The number of aryl methyl sites for hydroxylation is 1. The summed E-state index contributed by atoms with van der Waals surface area (Å²) < 4.78 is 14.7. The fourth-order valence-electron chi connectivity index (χ4n) is 10.7. The third-order valence-corrected chi connectivity index (χ3v) is 14.3. The lowest BCUT2D eigenvalue weighted by Gasteiger charge is -2.42. The lowest BCUT2D eigenvalue weighted by atomic mass is 9.83. The van der Waals surface area contributed by atoms with Crippen LogP contribution in [-0.4, -0.2) is 125 Å². The predicted octanol–water partition coefficient (Wildman–Crippen LogP) is 7.09. The van der Waals surface area contributed by atoms with Gasteiger partial charge in [0, 0.05) is 68.4 Å². The summed E-state index contributed by atoms with van der Waals surface area (Å²) in [6, 6.07) is 12.6. The van der Waals surface area contributed by atoms with Crippen LogP contribution in [0.1, 0.15) is 97.4 Å². The van der Waals surface area contributed by atoms with Crippen molar-refractivity contribution in [2.45, 2.75) is 130 Å². The van der Waals surface area contributed by atoms with Crippen molar-refractivity contribution in [1.82, 2.24) is 30.1 Å². The average molecular weight is 944 g/mol. The summed E-state index contributed by atoms with van der Waals surface area (Å²) in [6.07, 6.45) is 9.26. The smallest absolute Gasteiger partial charge is 0.259 e. The molecule has 5 atom stereocenters. The number of benzene rings is 2. The average Bonchev–Trinajstić information content (AvgIpc) is 3.98. The molecule has 370 valence electrons. The fraction of sp³-hybridized carbons (Fsp3) is 0.527. The van der Waals surface area contributed by atoms with Gasteiger partial charge in [-0.1, -0.05) is 77.3 Å². The van der Waals surface area contributed by atoms with Gasteiger partial charge in [-0.3, -0.25) is 29.2 Å². The van der Waals surface area contributed by atoms with Crippen LogP contribution in [0.25, 0.3) is 27.6 Å². The third kappa shape index (κ3) is 10.9. The maximum absolute atomic E-state index is 15.0. The number of nitrogens with one attached hydrogen (secondary N) is 2. The van der Waals surface area contributed by atoms with E-state index in [9.17, 15) is 24.0 Å². The van der Waals surface area contributed by atoms with Gasteiger partial charge in [-0.15, -0.1) is 0 Å². The number of aliphatic imine (C=N–C) groups is 1. The highest BCUT2D eigenvalue weighted by molar-refractivity contribution is 5.96. The van der Waals surface area contributed by atoms with Gasteiger partial charge in [0.1, 0.15) is 23.9 Å². The van der Waals surface area contributed by atoms with E-state index in [1.54, 1.807) is 23.1 Å². The van der Waals surface area contributed by atoms with Crippen LogP contribution in [0.15, 0.2) is 78.5 Å². The first-order valence-corrected chi connectivity index (χ1v) is 24.8. The van der Waals surface area contributed by atoms with Crippen molar-refractivity contribution in [2.75, 3.05) is 40.0 Å². The van der Waals surface area contributed by atoms with E-state index in [0.717, 1.165) is 69.2 Å². The largest absolute Gasteiger partial charge is 0.378 e. The number of carbonyl (C=O) groups excluding carboxylic acids is 5. The molecule has 1 saturated carbocycles. The molecule has 2 aromatic carbocycles. The monoisotopic (exact) mass is 944 g/mol. The number of hydrogen-bond donors (Lipinski definition) is 2. The number of amides is 4. The van der Waals surface area contributed by atoms with Gasteiger partial charge in [0.05, 0.1) is 36.6 Å². The van der Waals surface area contributed by atoms with Crippen molar-refractivity contribution in [3.05, 3.63) is 90.3 Å². The van der Waals surface area contributed by atoms with Crippen molar-refractivity contribution in [3.63, 3.8) is 0 Å². The number of methoxy groups -OCH3 is 1. The van der Waals surface area contributed by atoms with Gasteiger partial charge in [-0.25, -0.2) is 5.43 Å². The zero-order valence-electron chi connectivity index (χ0n) is 42.0. The zero-order valence-corrected chi connectivity index (χ0v) is 42.0. The minimum Gasteiger partial charge on any atom is -0.378 e. The Morgan fingerprint density at radius 3 is 2.45 bits per heavy atom. The molecular weight excluding hydrogens is 871 g/mol. The predicted molar refractivity (Wildman–Crippen MR) is 271 cm³/mol. The molecule has 0 radical (unpaired) electrons. The lowest BCUT2D eigenvalue weighted by molar-refractivity contribution is -0.149. The van der Waals surface area contributed by atoms with Crippen molar-refractivity contribution >= 4 is 52.6 Å². The number of rotatable bonds is 14. The highest BCUT2D eigenvalue weighted by atomic mass is 16.5. The first kappa shape index (κ1) is 51.2. The Morgan fingerprint density at radius 2 is 1.80 bits per heavy atom. The van der Waals surface area contributed by atoms with Gasteiger partial charge in [-0.05, 0) is 111 Å². The molecule has 69 heavy (non-hydrogen) atoms. The number of ether oxygens (including phenoxy) is 2. The molecule has 14 nitrogen and oxygen atoms in total. The molecule has 3 fully saturated rings. The van der Waals surface area contributed by atoms with E-state index in [-0.39, 0.29) is 55.4 Å². The first-order chi connectivity index (χ1) is 33.0. The molecule has 4 heterocycles. The van der Waals surface area contributed by atoms with Crippen molar-refractivity contribution in [3.8, 4) is 11.1 Å². The Kier molecular flexibility index (Phi) is 16.0. The van der Waals surface area contributed by atoms with Crippen LogP contribution in [0.3, 0.4) is 0 Å². The Morgan fingerprint density at radius 1 is 1.04 bits per heavy atom. The number of allylic oxidation sites excluding steroid dienone is 2. The molecular formula is C55H73N7O7. The summed E-state index contributed by atoms with van der Waals surface area (Å²) >= 11 is 0. The number of nitrogens with zero attached hydrogens (tertiary/aromatic N) is 5. The minimum absolute atomic E-state index is 0.0277. The normalized spacial score (nSPS) is 23.3. The van der Waals surface area contributed by atoms with Gasteiger partial charge in [0.2, 0.25) is 17.7 Å². The molecule has 7 rings (SSSR count). The van der Waals surface area contributed by atoms with Crippen LogP contribution < -0.4 is 10.7 Å². The minimum atomic E-state index is -1.19. The Bertz CT molecular complexity index is 2520. The van der Waals surface area contributed by atoms with E-state index in [2.05, 4.69) is 79.6 Å². The molecule has 4 amide bonds. The molecule has 1 aromatic heterocycles. The number of fused-ring (bicyclic) bond motifs is 6. The molecule has 2 saturated heterocycles. The fourth-order valence-corrected chi connectivity index (χ4v) is 10.7. The summed E-state index contributed by atoms with van der Waals surface area (Å²) in [5.74, 6) is -1.90. The molecule has 3 aromatic rings. The number of hydrogen-bond acceptors (Lipinski definition) is 9. The number of likely N-dealkylation sites (tertiary alicyclic amines) is 1. The Balaban J connectivity index is 1.32. The van der Waals surface area contributed by atoms with E-state index >= 15 is 0 Å². The summed E-state index contributed by atoms with van der Waals surface area (Å²) in [5, 5.41) is 5.71. The van der Waals surface area contributed by atoms with Gasteiger partial charge >= 0.3 is 0 Å².